The first-order valence-corrected chi connectivity index (χ1v) is 28.1. The first kappa shape index (κ1) is 56.9. The number of carbonyl (C=O) groups is 4. The Morgan fingerprint density at radius 2 is 1.19 bits per heavy atom. The van der Waals surface area contributed by atoms with Gasteiger partial charge in [-0.3, -0.25) is 9.59 Å². The molecule has 72 heavy (non-hydrogen) atoms. The second kappa shape index (κ2) is 25.7. The predicted molar refractivity (Wildman–Crippen MR) is 300 cm³/mol. The molecule has 22 heteroatoms. The maximum absolute atomic E-state index is 12.8. The minimum atomic E-state index is -0.552. The Morgan fingerprint density at radius 1 is 0.722 bits per heavy atom. The van der Waals surface area contributed by atoms with Crippen molar-refractivity contribution in [2.24, 2.45) is 5.73 Å². The fourth-order valence-corrected chi connectivity index (χ4v) is 12.8. The maximum Gasteiger partial charge on any atom is 0.410 e. The lowest BCUT2D eigenvalue weighted by molar-refractivity contribution is -0.116. The molecule has 2 aromatic carbocycles. The van der Waals surface area contributed by atoms with Crippen molar-refractivity contribution in [3.05, 3.63) is 78.9 Å². The van der Waals surface area contributed by atoms with Gasteiger partial charge in [0.05, 0.1) is 46.7 Å². The average molecular weight is 1190 g/mol. The fourth-order valence-electron chi connectivity index (χ4n) is 7.39. The van der Waals surface area contributed by atoms with Crippen LogP contribution in [-0.2, 0) is 54.5 Å². The summed E-state index contributed by atoms with van der Waals surface area (Å²) in [5, 5.41) is 12.5. The van der Waals surface area contributed by atoms with Gasteiger partial charge in [0.2, 0.25) is 11.8 Å². The molecule has 388 valence electrons. The van der Waals surface area contributed by atoms with E-state index < -0.39 is 11.2 Å². The molecule has 0 saturated carbocycles. The number of ether oxygens (including phenoxy) is 4. The molecular formula is C50H62Br2N8O8S4. The summed E-state index contributed by atoms with van der Waals surface area (Å²) in [5.41, 5.74) is 9.92. The van der Waals surface area contributed by atoms with Crippen LogP contribution in [0.1, 0.15) is 68.8 Å². The van der Waals surface area contributed by atoms with Crippen molar-refractivity contribution in [1.29, 1.82) is 0 Å². The summed E-state index contributed by atoms with van der Waals surface area (Å²) in [6, 6.07) is 12.1. The molecule has 0 radical (unpaired) electrons. The zero-order valence-corrected chi connectivity index (χ0v) is 48.2. The maximum atomic E-state index is 12.8. The molecular weight excluding hydrogens is 1130 g/mol. The number of fused-ring (bicyclic) bond motifs is 4. The van der Waals surface area contributed by atoms with Gasteiger partial charge in [-0.2, -0.15) is 0 Å². The molecule has 4 amide bonds. The lowest BCUT2D eigenvalue weighted by Gasteiger charge is -2.30. The Kier molecular flexibility index (Phi) is 20.3. The summed E-state index contributed by atoms with van der Waals surface area (Å²) in [6.07, 6.45) is 2.31. The molecule has 0 aliphatic carbocycles. The third-order valence-electron chi connectivity index (χ3n) is 10.6. The molecule has 0 bridgehead atoms. The van der Waals surface area contributed by atoms with Crippen LogP contribution in [0.2, 0.25) is 0 Å². The lowest BCUT2D eigenvalue weighted by atomic mass is 10.0. The molecule has 0 unspecified atom stereocenters. The number of thiophene rings is 2. The molecule has 0 saturated heterocycles. The zero-order valence-electron chi connectivity index (χ0n) is 41.8. The summed E-state index contributed by atoms with van der Waals surface area (Å²) in [6.45, 7) is 19.9. The van der Waals surface area contributed by atoms with Gasteiger partial charge in [-0.05, 0) is 108 Å². The highest BCUT2D eigenvalue weighted by Crippen LogP contribution is 2.48. The van der Waals surface area contributed by atoms with Gasteiger partial charge < -0.3 is 50.4 Å². The Balaban J connectivity index is 0.000000217. The Bertz CT molecular complexity index is 2880. The Hall–Kier alpha value is -4.36. The van der Waals surface area contributed by atoms with E-state index in [1.807, 2.05) is 77.9 Å². The van der Waals surface area contributed by atoms with Gasteiger partial charge in [-0.15, -0.1) is 45.3 Å². The zero-order chi connectivity index (χ0) is 52.3. The molecule has 6 aromatic rings. The third-order valence-corrected chi connectivity index (χ3v) is 15.9. The number of amides is 4. The number of thiazole rings is 2. The van der Waals surface area contributed by atoms with E-state index in [4.69, 9.17) is 29.9 Å². The quantitative estimate of drug-likeness (QED) is 0.0631. The van der Waals surface area contributed by atoms with E-state index in [-0.39, 0.29) is 24.0 Å². The van der Waals surface area contributed by atoms with Crippen molar-refractivity contribution in [3.8, 4) is 21.1 Å². The van der Waals surface area contributed by atoms with Crippen LogP contribution >= 0.6 is 77.2 Å². The van der Waals surface area contributed by atoms with Crippen LogP contribution in [0.15, 0.2) is 58.0 Å². The fraction of sp³-hybridized carbons (Fsp3) is 0.440. The number of nitrogens with two attached hydrogens (primary N) is 1. The normalized spacial score (nSPS) is 13.3. The number of nitrogens with one attached hydrogen (secondary N) is 3. The summed E-state index contributed by atoms with van der Waals surface area (Å²) in [7, 11) is 3.28. The Morgan fingerprint density at radius 3 is 1.61 bits per heavy atom. The third kappa shape index (κ3) is 15.6. The van der Waals surface area contributed by atoms with Gasteiger partial charge >= 0.3 is 12.2 Å². The van der Waals surface area contributed by atoms with Crippen LogP contribution in [0.4, 0.5) is 19.6 Å². The van der Waals surface area contributed by atoms with Gasteiger partial charge in [0.25, 0.3) is 0 Å². The first-order chi connectivity index (χ1) is 34.2. The van der Waals surface area contributed by atoms with Gasteiger partial charge in [-0.1, -0.05) is 38.4 Å². The Labute approximate surface area is 453 Å². The van der Waals surface area contributed by atoms with Gasteiger partial charge in [0.1, 0.15) is 31.2 Å². The number of hydrogen-bond acceptors (Lipinski definition) is 16. The van der Waals surface area contributed by atoms with Crippen LogP contribution in [0, 0.1) is 0 Å². The molecule has 0 fully saturated rings. The van der Waals surface area contributed by atoms with Gasteiger partial charge in [0.15, 0.2) is 0 Å². The van der Waals surface area contributed by atoms with Crippen LogP contribution < -0.4 is 21.7 Å². The number of nitrogens with zero attached hydrogens (tertiary/aromatic N) is 4. The largest absolute Gasteiger partial charge is 0.444 e. The second-order valence-electron chi connectivity index (χ2n) is 18.5. The van der Waals surface area contributed by atoms with E-state index in [1.165, 1.54) is 28.7 Å². The molecule has 4 aromatic heterocycles. The monoisotopic (exact) mass is 1190 g/mol. The molecule has 8 rings (SSSR count). The van der Waals surface area contributed by atoms with Crippen LogP contribution in [0.3, 0.4) is 0 Å². The molecule has 16 nitrogen and oxygen atoms in total. The van der Waals surface area contributed by atoms with Crippen molar-refractivity contribution in [2.75, 3.05) is 70.8 Å². The van der Waals surface area contributed by atoms with Gasteiger partial charge in [0, 0.05) is 83.2 Å². The van der Waals surface area contributed by atoms with E-state index in [1.54, 1.807) is 46.7 Å². The van der Waals surface area contributed by atoms with Crippen LogP contribution in [0.5, 0.6) is 0 Å². The van der Waals surface area contributed by atoms with Crippen molar-refractivity contribution < 1.29 is 38.1 Å². The molecule has 0 spiro atoms. The molecule has 6 heterocycles. The van der Waals surface area contributed by atoms with E-state index in [2.05, 4.69) is 59.1 Å². The number of carbonyl (C=O) groups excluding carboxylic acids is 4. The SMILES string of the molecule is C=CC(=O)Nc1sc2c(c1-c1nc3cc(Br)ccc3s1)CCN(C(=O)OC(C)(C)C)C2.COCCN.COCCNCCC(=O)Nc1sc2c(c1-c1nc3cc(Br)ccc3s1)CCN(C(=O)OC(C)(C)C)C2. The number of benzene rings is 2. The van der Waals surface area contributed by atoms with Crippen molar-refractivity contribution in [2.45, 2.75) is 85.1 Å². The summed E-state index contributed by atoms with van der Waals surface area (Å²) >= 11 is 13.2. The molecule has 5 N–H and O–H groups in total. The minimum Gasteiger partial charge on any atom is -0.444 e. The van der Waals surface area contributed by atoms with Gasteiger partial charge in [-0.25, -0.2) is 19.6 Å². The highest BCUT2D eigenvalue weighted by Gasteiger charge is 2.33. The van der Waals surface area contributed by atoms with E-state index in [0.717, 1.165) is 81.4 Å². The highest BCUT2D eigenvalue weighted by molar-refractivity contribution is 9.10. The van der Waals surface area contributed by atoms with E-state index >= 15 is 0 Å². The number of aromatic nitrogens is 2. The molecule has 2 aliphatic heterocycles. The average Bonchev–Trinajstić information content (AvgIpc) is 4.09. The number of methoxy groups -OCH3 is 2. The van der Waals surface area contributed by atoms with Crippen molar-refractivity contribution >= 4 is 132 Å². The topological polar surface area (TPSA) is 200 Å². The highest BCUT2D eigenvalue weighted by atomic mass is 79.9. The summed E-state index contributed by atoms with van der Waals surface area (Å²) in [5.74, 6) is -0.333. The number of halogens is 2. The van der Waals surface area contributed by atoms with E-state index in [9.17, 15) is 19.2 Å². The van der Waals surface area contributed by atoms with Crippen molar-refractivity contribution in [3.63, 3.8) is 0 Å². The first-order valence-electron chi connectivity index (χ1n) is 23.2. The minimum absolute atomic E-state index is 0.0624. The standard InChI is InChI=1S/C25H31BrN4O4S2.C22H22BrN3O3S2.C3H9NO/c1-25(2,3)34-24(32)30-11-8-16-19(14-30)36-23(29-20(31)7-9-27-10-12-33-4)21(16)22-28-17-13-15(26)5-6-18(17)35-22;1-5-17(27)25-20-18(19-24-14-10-12(23)6-7-15(14)30-19)13-8-9-26(11-16(13)31-20)21(28)29-22(2,3)4;1-5-3-2-4/h5-6,13,27H,7-12,14H2,1-4H3,(H,29,31);5-7,10H,1,8-9,11H2,2-4H3,(H,25,27);2-4H2,1H3. The smallest absolute Gasteiger partial charge is 0.410 e. The molecule has 2 aliphatic rings. The van der Waals surface area contributed by atoms with Crippen molar-refractivity contribution in [1.82, 2.24) is 25.1 Å². The number of rotatable bonds is 13. The number of hydrogen-bond donors (Lipinski definition) is 4. The lowest BCUT2D eigenvalue weighted by Crippen LogP contribution is -2.39. The molecule has 0 atom stereocenters. The number of anilines is 2. The van der Waals surface area contributed by atoms with E-state index in [0.29, 0.717) is 78.3 Å². The second-order valence-corrected chi connectivity index (χ2v) is 24.6. The van der Waals surface area contributed by atoms with Crippen LogP contribution in [0.25, 0.3) is 41.6 Å². The summed E-state index contributed by atoms with van der Waals surface area (Å²) in [4.78, 5) is 65.4. The van der Waals surface area contributed by atoms with Crippen LogP contribution in [-0.4, -0.2) is 115 Å². The predicted octanol–water partition coefficient (Wildman–Crippen LogP) is 11.4. The summed E-state index contributed by atoms with van der Waals surface area (Å²) < 4.78 is 24.8.